The van der Waals surface area contributed by atoms with E-state index in [0.717, 1.165) is 19.3 Å². The van der Waals surface area contributed by atoms with E-state index >= 15 is 0 Å². The summed E-state index contributed by atoms with van der Waals surface area (Å²) < 4.78 is 5.23. The molecule has 1 aliphatic rings. The Kier molecular flexibility index (Phi) is 3.09. The van der Waals surface area contributed by atoms with E-state index in [9.17, 15) is 4.79 Å². The van der Waals surface area contributed by atoms with Gasteiger partial charge in [-0.2, -0.15) is 0 Å². The summed E-state index contributed by atoms with van der Waals surface area (Å²) in [4.78, 5) is 10.9. The zero-order valence-corrected chi connectivity index (χ0v) is 10.4. The third-order valence-corrected chi connectivity index (χ3v) is 3.69. The smallest absolute Gasteiger partial charge is 0.405 e. The van der Waals surface area contributed by atoms with Crippen molar-refractivity contribution in [2.24, 2.45) is 11.7 Å². The topological polar surface area (TPSA) is 52.3 Å². The summed E-state index contributed by atoms with van der Waals surface area (Å²) in [7, 11) is 0. The molecule has 17 heavy (non-hydrogen) atoms. The van der Waals surface area contributed by atoms with Crippen molar-refractivity contribution < 1.29 is 9.53 Å². The molecule has 2 rings (SSSR count). The first kappa shape index (κ1) is 12.0. The summed E-state index contributed by atoms with van der Waals surface area (Å²) in [5.41, 5.74) is 7.41. The summed E-state index contributed by atoms with van der Waals surface area (Å²) in [6, 6.07) is 8.46. The lowest BCUT2D eigenvalue weighted by Crippen LogP contribution is -2.41. The van der Waals surface area contributed by atoms with Crippen molar-refractivity contribution in [1.82, 2.24) is 0 Å². The Labute approximate surface area is 102 Å². The lowest BCUT2D eigenvalue weighted by molar-refractivity contribution is -0.00607. The predicted molar refractivity (Wildman–Crippen MR) is 66.7 cm³/mol. The van der Waals surface area contributed by atoms with Crippen LogP contribution in [0.15, 0.2) is 24.3 Å². The van der Waals surface area contributed by atoms with Gasteiger partial charge in [-0.25, -0.2) is 4.79 Å². The second-order valence-corrected chi connectivity index (χ2v) is 5.23. The van der Waals surface area contributed by atoms with Crippen LogP contribution >= 0.6 is 0 Å². The highest BCUT2D eigenvalue weighted by molar-refractivity contribution is 5.65. The lowest BCUT2D eigenvalue weighted by atomic mass is 9.76. The Bertz CT molecular complexity index is 426. The van der Waals surface area contributed by atoms with Crippen molar-refractivity contribution in [3.8, 4) is 0 Å². The van der Waals surface area contributed by atoms with Gasteiger partial charge in [-0.3, -0.25) is 0 Å². The second kappa shape index (κ2) is 4.40. The number of nitrogens with two attached hydrogens (primary N) is 1. The molecule has 1 aromatic carbocycles. The van der Waals surface area contributed by atoms with Crippen LogP contribution in [0, 0.1) is 5.92 Å². The largest absolute Gasteiger partial charge is 0.443 e. The minimum atomic E-state index is -0.686. The van der Waals surface area contributed by atoms with Crippen LogP contribution in [0.3, 0.4) is 0 Å². The monoisotopic (exact) mass is 233 g/mol. The van der Waals surface area contributed by atoms with Crippen molar-refractivity contribution >= 4 is 6.09 Å². The summed E-state index contributed by atoms with van der Waals surface area (Å²) in [5, 5.41) is 0. The highest BCUT2D eigenvalue weighted by Crippen LogP contribution is 2.34. The molecule has 1 unspecified atom stereocenters. The van der Waals surface area contributed by atoms with Crippen LogP contribution in [-0.2, 0) is 17.6 Å². The zero-order valence-electron chi connectivity index (χ0n) is 10.4. The molecule has 1 aromatic rings. The van der Waals surface area contributed by atoms with Crippen molar-refractivity contribution in [2.75, 3.05) is 0 Å². The average molecular weight is 233 g/mol. The van der Waals surface area contributed by atoms with Crippen LogP contribution in [-0.4, -0.2) is 11.7 Å². The predicted octanol–water partition coefficient (Wildman–Crippen LogP) is 2.67. The van der Waals surface area contributed by atoms with Crippen LogP contribution in [0.25, 0.3) is 0 Å². The molecule has 0 bridgehead atoms. The summed E-state index contributed by atoms with van der Waals surface area (Å²) in [6.07, 6.45) is 2.36. The van der Waals surface area contributed by atoms with Gasteiger partial charge < -0.3 is 10.5 Å². The van der Waals surface area contributed by atoms with Gasteiger partial charge in [-0.1, -0.05) is 24.3 Å². The highest BCUT2D eigenvalue weighted by atomic mass is 16.6. The van der Waals surface area contributed by atoms with Crippen molar-refractivity contribution in [3.05, 3.63) is 35.4 Å². The number of benzene rings is 1. The SMILES string of the molecule is CC(C)(OC(N)=O)C1CCc2ccccc2C1. The number of carbonyl (C=O) groups is 1. The van der Waals surface area contributed by atoms with Gasteiger partial charge in [0.1, 0.15) is 5.60 Å². The number of hydrogen-bond acceptors (Lipinski definition) is 2. The van der Waals surface area contributed by atoms with E-state index in [2.05, 4.69) is 24.3 Å². The van der Waals surface area contributed by atoms with Gasteiger partial charge in [0.2, 0.25) is 0 Å². The molecule has 0 fully saturated rings. The summed E-state index contributed by atoms with van der Waals surface area (Å²) in [5.74, 6) is 0.338. The van der Waals surface area contributed by atoms with E-state index in [4.69, 9.17) is 10.5 Å². The summed E-state index contributed by atoms with van der Waals surface area (Å²) >= 11 is 0. The van der Waals surface area contributed by atoms with Crippen molar-refractivity contribution in [3.63, 3.8) is 0 Å². The molecular weight excluding hydrogens is 214 g/mol. The fraction of sp³-hybridized carbons (Fsp3) is 0.500. The van der Waals surface area contributed by atoms with E-state index in [1.807, 2.05) is 13.8 Å². The third kappa shape index (κ3) is 2.60. The number of ether oxygens (including phenoxy) is 1. The van der Waals surface area contributed by atoms with Gasteiger partial charge in [0.05, 0.1) is 0 Å². The molecule has 92 valence electrons. The number of amides is 1. The maximum absolute atomic E-state index is 10.9. The number of primary amides is 1. The van der Waals surface area contributed by atoms with Crippen LogP contribution in [0.1, 0.15) is 31.4 Å². The number of fused-ring (bicyclic) bond motifs is 1. The first-order chi connectivity index (χ1) is 7.99. The van der Waals surface area contributed by atoms with Crippen LogP contribution in [0.5, 0.6) is 0 Å². The fourth-order valence-electron chi connectivity index (χ4n) is 2.63. The fourth-order valence-corrected chi connectivity index (χ4v) is 2.63. The Morgan fingerprint density at radius 1 is 1.35 bits per heavy atom. The molecule has 1 amide bonds. The average Bonchev–Trinajstić information content (AvgIpc) is 2.26. The molecule has 1 atom stereocenters. The Balaban J connectivity index is 2.14. The van der Waals surface area contributed by atoms with E-state index < -0.39 is 11.7 Å². The Morgan fingerprint density at radius 2 is 2.00 bits per heavy atom. The Hall–Kier alpha value is -1.51. The quantitative estimate of drug-likeness (QED) is 0.853. The molecule has 0 saturated heterocycles. The van der Waals surface area contributed by atoms with Crippen LogP contribution < -0.4 is 5.73 Å². The zero-order chi connectivity index (χ0) is 12.5. The second-order valence-electron chi connectivity index (χ2n) is 5.23. The molecule has 0 heterocycles. The molecule has 0 aliphatic heterocycles. The van der Waals surface area contributed by atoms with E-state index in [1.54, 1.807) is 0 Å². The number of aryl methyl sites for hydroxylation is 1. The van der Waals surface area contributed by atoms with Crippen molar-refractivity contribution in [1.29, 1.82) is 0 Å². The van der Waals surface area contributed by atoms with Gasteiger partial charge in [0, 0.05) is 5.92 Å². The molecule has 1 aliphatic carbocycles. The van der Waals surface area contributed by atoms with E-state index in [-0.39, 0.29) is 0 Å². The maximum Gasteiger partial charge on any atom is 0.405 e. The van der Waals surface area contributed by atoms with Gasteiger partial charge >= 0.3 is 6.09 Å². The first-order valence-corrected chi connectivity index (χ1v) is 6.04. The molecule has 0 saturated carbocycles. The molecule has 3 heteroatoms. The number of rotatable bonds is 2. The van der Waals surface area contributed by atoms with Gasteiger partial charge in [-0.15, -0.1) is 0 Å². The van der Waals surface area contributed by atoms with Crippen LogP contribution in [0.4, 0.5) is 4.79 Å². The highest BCUT2D eigenvalue weighted by Gasteiger charge is 2.35. The standard InChI is InChI=1S/C14H19NO2/c1-14(2,17-13(15)16)12-8-7-10-5-3-4-6-11(10)9-12/h3-6,12H,7-9H2,1-2H3,(H2,15,16). The first-order valence-electron chi connectivity index (χ1n) is 6.04. The van der Waals surface area contributed by atoms with E-state index in [1.165, 1.54) is 11.1 Å². The van der Waals surface area contributed by atoms with Crippen LogP contribution in [0.2, 0.25) is 0 Å². The third-order valence-electron chi connectivity index (χ3n) is 3.69. The maximum atomic E-state index is 10.9. The van der Waals surface area contributed by atoms with E-state index in [0.29, 0.717) is 5.92 Å². The minimum absolute atomic E-state index is 0.338. The van der Waals surface area contributed by atoms with Crippen molar-refractivity contribution in [2.45, 2.75) is 38.7 Å². The minimum Gasteiger partial charge on any atom is -0.443 e. The summed E-state index contributed by atoms with van der Waals surface area (Å²) in [6.45, 7) is 3.88. The van der Waals surface area contributed by atoms with Gasteiger partial charge in [0.25, 0.3) is 0 Å². The van der Waals surface area contributed by atoms with Gasteiger partial charge in [-0.05, 0) is 44.2 Å². The molecule has 0 radical (unpaired) electrons. The Morgan fingerprint density at radius 3 is 2.65 bits per heavy atom. The molecular formula is C14H19NO2. The molecule has 0 spiro atoms. The number of carbonyl (C=O) groups excluding carboxylic acids is 1. The molecule has 0 aromatic heterocycles. The molecule has 3 nitrogen and oxygen atoms in total. The lowest BCUT2D eigenvalue weighted by Gasteiger charge is -2.36. The number of hydrogen-bond donors (Lipinski definition) is 1. The normalized spacial score (nSPS) is 19.5. The molecule has 2 N–H and O–H groups in total. The van der Waals surface area contributed by atoms with Gasteiger partial charge in [0.15, 0.2) is 0 Å².